The predicted octanol–water partition coefficient (Wildman–Crippen LogP) is 0.378. The van der Waals surface area contributed by atoms with Crippen LogP contribution in [0.3, 0.4) is 0 Å². The molecule has 0 aromatic carbocycles. The molecule has 0 aromatic heterocycles. The first-order chi connectivity index (χ1) is 8.02. The Balaban J connectivity index is 2.78. The van der Waals surface area contributed by atoms with Gasteiger partial charge in [-0.05, 0) is 0 Å². The Morgan fingerprint density at radius 1 is 1.47 bits per heavy atom. The first-order valence-corrected chi connectivity index (χ1v) is 7.23. The summed E-state index contributed by atoms with van der Waals surface area (Å²) in [6.45, 7) is 7.63. The van der Waals surface area contributed by atoms with Crippen LogP contribution in [0.2, 0.25) is 0 Å². The van der Waals surface area contributed by atoms with Gasteiger partial charge in [0.15, 0.2) is 0 Å². The van der Waals surface area contributed by atoms with Crippen molar-refractivity contribution >= 4 is 22.4 Å². The minimum atomic E-state index is -1.11. The molecule has 95 valence electrons. The average Bonchev–Trinajstić information content (AvgIpc) is 2.33. The predicted molar refractivity (Wildman–Crippen MR) is 69.8 cm³/mol. The van der Waals surface area contributed by atoms with E-state index in [0.29, 0.717) is 14.4 Å². The molecule has 4 nitrogen and oxygen atoms in total. The van der Waals surface area contributed by atoms with Crippen molar-refractivity contribution in [3.05, 3.63) is 0 Å². The Morgan fingerprint density at radius 3 is 2.65 bits per heavy atom. The molecule has 2 N–H and O–H groups in total. The van der Waals surface area contributed by atoms with Crippen LogP contribution in [0.1, 0.15) is 27.2 Å². The summed E-state index contributed by atoms with van der Waals surface area (Å²) < 4.78 is 16.0. The van der Waals surface area contributed by atoms with E-state index < -0.39 is 12.4 Å². The molecule has 1 saturated heterocycles. The second kappa shape index (κ2) is 6.98. The number of rotatable bonds is 5. The molecule has 1 radical (unpaired) electrons. The van der Waals surface area contributed by atoms with Gasteiger partial charge < -0.3 is 0 Å². The molecule has 0 saturated carbocycles. The molecule has 0 spiro atoms. The summed E-state index contributed by atoms with van der Waals surface area (Å²) in [6.07, 6.45) is -1.13. The van der Waals surface area contributed by atoms with Crippen LogP contribution in [-0.2, 0) is 9.44 Å². The monoisotopic (exact) mass is 257 g/mol. The molecule has 1 aliphatic rings. The Hall–Kier alpha value is 0.240. The van der Waals surface area contributed by atoms with E-state index in [2.05, 4.69) is 13.8 Å². The van der Waals surface area contributed by atoms with E-state index >= 15 is 0 Å². The Labute approximate surface area is 106 Å². The van der Waals surface area contributed by atoms with Crippen molar-refractivity contribution in [3.8, 4) is 0 Å². The number of aliphatic hydroxyl groups excluding tert-OH is 2. The molecular formula is C10H20B2O4P. The van der Waals surface area contributed by atoms with E-state index in [-0.39, 0.29) is 17.7 Å². The van der Waals surface area contributed by atoms with Gasteiger partial charge in [0.1, 0.15) is 0 Å². The molecule has 1 aliphatic heterocycles. The van der Waals surface area contributed by atoms with Crippen molar-refractivity contribution in [1.29, 1.82) is 0 Å². The number of aliphatic hydroxyl groups is 2. The van der Waals surface area contributed by atoms with Crippen LogP contribution in [0.4, 0.5) is 0 Å². The number of ether oxygens (including phenoxy) is 1. The van der Waals surface area contributed by atoms with E-state index in [1.54, 1.807) is 6.89 Å². The molecule has 1 rings (SSSR count). The fraction of sp³-hybridized carbons (Fsp3) is 1.00. The normalized spacial score (nSPS) is 40.2. The standard InChI is InChI=1S/C10H20B2O4P/c1-4-5(2)8-9(17-12-11-15)6(3)7(13)10(14)16-8/h5-10,13-14,17H,4H2,1-3H3/t5-,6+,7?,8?,9-,10?/m0/s1. The molecule has 1 heterocycles. The van der Waals surface area contributed by atoms with Gasteiger partial charge >= 0.3 is 105 Å². The number of hydrogen-bond donors (Lipinski definition) is 2. The van der Waals surface area contributed by atoms with Gasteiger partial charge in [0.2, 0.25) is 0 Å². The maximum atomic E-state index is 10.4. The molecule has 0 amide bonds. The molecule has 1 fully saturated rings. The van der Waals surface area contributed by atoms with Gasteiger partial charge in [-0.3, -0.25) is 0 Å². The number of hydrogen-bond acceptors (Lipinski definition) is 4. The van der Waals surface area contributed by atoms with Crippen molar-refractivity contribution in [2.24, 2.45) is 11.8 Å². The third-order valence-electron chi connectivity index (χ3n) is 3.61. The van der Waals surface area contributed by atoms with Gasteiger partial charge in [0.25, 0.3) is 0 Å². The SMILES string of the molecule is CC[C@H](C)C1OC(O)C(O)[C@@H](C)[C@@H]1P[B]B=O. The first-order valence-electron chi connectivity index (χ1n) is 6.07. The maximum absolute atomic E-state index is 10.4. The van der Waals surface area contributed by atoms with E-state index in [9.17, 15) is 14.9 Å². The molecule has 0 aliphatic carbocycles. The van der Waals surface area contributed by atoms with Crippen molar-refractivity contribution in [2.75, 3.05) is 0 Å². The molecule has 4 unspecified atom stereocenters. The third kappa shape index (κ3) is 3.60. The van der Waals surface area contributed by atoms with E-state index in [1.165, 1.54) is 0 Å². The Morgan fingerprint density at radius 2 is 2.12 bits per heavy atom. The summed E-state index contributed by atoms with van der Waals surface area (Å²) in [7, 11) is 1.11. The Bertz CT molecular complexity index is 256. The van der Waals surface area contributed by atoms with Gasteiger partial charge in [-0.15, -0.1) is 0 Å². The summed E-state index contributed by atoms with van der Waals surface area (Å²) >= 11 is 0. The minimum absolute atomic E-state index is 0.0627. The second-order valence-electron chi connectivity index (χ2n) is 4.72. The molecule has 7 atom stereocenters. The zero-order valence-electron chi connectivity index (χ0n) is 10.5. The first kappa shape index (κ1) is 15.3. The van der Waals surface area contributed by atoms with Crippen LogP contribution >= 0.6 is 8.46 Å². The molecular weight excluding hydrogens is 237 g/mol. The summed E-state index contributed by atoms with van der Waals surface area (Å²) in [4.78, 5) is 0. The quantitative estimate of drug-likeness (QED) is 0.551. The van der Waals surface area contributed by atoms with Crippen molar-refractivity contribution < 1.29 is 19.7 Å². The van der Waals surface area contributed by atoms with Gasteiger partial charge in [-0.1, -0.05) is 0 Å². The zero-order valence-corrected chi connectivity index (χ0v) is 11.5. The van der Waals surface area contributed by atoms with Gasteiger partial charge in [0, 0.05) is 0 Å². The fourth-order valence-electron chi connectivity index (χ4n) is 2.21. The topological polar surface area (TPSA) is 66.8 Å². The molecule has 7 heteroatoms. The van der Waals surface area contributed by atoms with Crippen molar-refractivity contribution in [1.82, 2.24) is 0 Å². The Kier molecular flexibility index (Phi) is 6.28. The summed E-state index contributed by atoms with van der Waals surface area (Å²) in [5.74, 6) is 0.240. The molecule has 0 bridgehead atoms. The summed E-state index contributed by atoms with van der Waals surface area (Å²) in [5, 5.41) is 19.5. The third-order valence-corrected chi connectivity index (χ3v) is 5.18. The summed E-state index contributed by atoms with van der Waals surface area (Å²) in [6, 6.07) is 0. The van der Waals surface area contributed by atoms with Crippen molar-refractivity contribution in [3.63, 3.8) is 0 Å². The van der Waals surface area contributed by atoms with Crippen LogP contribution in [0, 0.1) is 11.8 Å². The fourth-order valence-corrected chi connectivity index (χ4v) is 3.61. The van der Waals surface area contributed by atoms with E-state index in [1.807, 2.05) is 6.92 Å². The van der Waals surface area contributed by atoms with E-state index in [0.717, 1.165) is 13.5 Å². The van der Waals surface area contributed by atoms with Gasteiger partial charge in [0.05, 0.1) is 0 Å². The van der Waals surface area contributed by atoms with Gasteiger partial charge in [-0.25, -0.2) is 0 Å². The van der Waals surface area contributed by atoms with Crippen LogP contribution in [0.5, 0.6) is 0 Å². The molecule has 17 heavy (non-hydrogen) atoms. The van der Waals surface area contributed by atoms with Crippen LogP contribution in [0.15, 0.2) is 0 Å². The summed E-state index contributed by atoms with van der Waals surface area (Å²) in [5.41, 5.74) is 0.105. The zero-order chi connectivity index (χ0) is 13.0. The van der Waals surface area contributed by atoms with Gasteiger partial charge in [-0.2, -0.15) is 0 Å². The second-order valence-corrected chi connectivity index (χ2v) is 6.06. The van der Waals surface area contributed by atoms with Crippen LogP contribution < -0.4 is 0 Å². The van der Waals surface area contributed by atoms with Crippen LogP contribution in [-0.4, -0.2) is 48.3 Å². The molecule has 0 aromatic rings. The van der Waals surface area contributed by atoms with E-state index in [4.69, 9.17) is 4.74 Å². The average molecular weight is 257 g/mol. The van der Waals surface area contributed by atoms with Crippen molar-refractivity contribution in [2.45, 2.75) is 51.3 Å². The van der Waals surface area contributed by atoms with Crippen LogP contribution in [0.25, 0.3) is 0 Å².